The van der Waals surface area contributed by atoms with Crippen LogP contribution in [0.2, 0.25) is 0 Å². The van der Waals surface area contributed by atoms with Crippen molar-refractivity contribution in [3.63, 3.8) is 0 Å². The van der Waals surface area contributed by atoms with Gasteiger partial charge >= 0.3 is 0 Å². The molecule has 2 aromatic rings. The van der Waals surface area contributed by atoms with Gasteiger partial charge in [-0.3, -0.25) is 9.59 Å². The fraction of sp³-hybridized carbons (Fsp3) is 0.593. The molecule has 33 heavy (non-hydrogen) atoms. The quantitative estimate of drug-likeness (QED) is 0.655. The van der Waals surface area contributed by atoms with Crippen molar-refractivity contribution >= 4 is 11.8 Å². The van der Waals surface area contributed by atoms with Gasteiger partial charge in [0.25, 0.3) is 5.91 Å². The highest BCUT2D eigenvalue weighted by molar-refractivity contribution is 5.92. The molecule has 0 spiro atoms. The van der Waals surface area contributed by atoms with Gasteiger partial charge in [0.15, 0.2) is 5.69 Å². The van der Waals surface area contributed by atoms with Gasteiger partial charge in [-0.05, 0) is 56.4 Å². The molecule has 5 rings (SSSR count). The first kappa shape index (κ1) is 22.2. The lowest BCUT2D eigenvalue weighted by molar-refractivity contribution is -0.136. The maximum Gasteiger partial charge on any atom is 0.273 e. The van der Waals surface area contributed by atoms with Gasteiger partial charge in [-0.1, -0.05) is 54.8 Å². The van der Waals surface area contributed by atoms with E-state index in [9.17, 15) is 9.59 Å². The van der Waals surface area contributed by atoms with Crippen LogP contribution < -0.4 is 5.32 Å². The van der Waals surface area contributed by atoms with Crippen LogP contribution in [-0.4, -0.2) is 40.5 Å². The predicted molar refractivity (Wildman–Crippen MR) is 126 cm³/mol. The van der Waals surface area contributed by atoms with Gasteiger partial charge in [-0.25, -0.2) is 0 Å². The SMILES string of the molecule is O=C(NC1CCN(C(=O)CC2CCCCC2)C(Cc2ccccc2)C1)c1cc(C2CC2)on1. The summed E-state index contributed by atoms with van der Waals surface area (Å²) in [6.07, 6.45) is 11.4. The van der Waals surface area contributed by atoms with Crippen molar-refractivity contribution in [3.05, 3.63) is 53.4 Å². The van der Waals surface area contributed by atoms with Crippen molar-refractivity contribution in [2.75, 3.05) is 6.54 Å². The standard InChI is InChI=1S/C27H35N3O3/c31-26(16-20-9-5-2-6-10-20)30-14-13-22(17-23(30)15-19-7-3-1-4-8-19)28-27(32)24-18-25(33-29-24)21-11-12-21/h1,3-4,7-8,18,20-23H,2,5-6,9-17H2,(H,28,32). The number of rotatable bonds is 7. The number of aromatic nitrogens is 1. The zero-order chi connectivity index (χ0) is 22.6. The minimum atomic E-state index is -0.170. The van der Waals surface area contributed by atoms with Crippen molar-refractivity contribution < 1.29 is 14.1 Å². The van der Waals surface area contributed by atoms with Crippen LogP contribution >= 0.6 is 0 Å². The largest absolute Gasteiger partial charge is 0.360 e. The van der Waals surface area contributed by atoms with Crippen LogP contribution in [0.15, 0.2) is 40.9 Å². The van der Waals surface area contributed by atoms with Gasteiger partial charge in [0.2, 0.25) is 5.91 Å². The second-order valence-electron chi connectivity index (χ2n) is 10.2. The van der Waals surface area contributed by atoms with Gasteiger partial charge in [0, 0.05) is 37.0 Å². The minimum absolute atomic E-state index is 0.0333. The Labute approximate surface area is 196 Å². The maximum absolute atomic E-state index is 13.3. The van der Waals surface area contributed by atoms with Crippen LogP contribution in [0.1, 0.15) is 91.9 Å². The van der Waals surface area contributed by atoms with Crippen molar-refractivity contribution in [3.8, 4) is 0 Å². The van der Waals surface area contributed by atoms with Crippen LogP contribution in [0.5, 0.6) is 0 Å². The molecule has 1 aliphatic heterocycles. The molecule has 2 heterocycles. The van der Waals surface area contributed by atoms with Gasteiger partial charge < -0.3 is 14.7 Å². The first-order chi connectivity index (χ1) is 16.2. The fourth-order valence-electron chi connectivity index (χ4n) is 5.56. The smallest absolute Gasteiger partial charge is 0.273 e. The molecule has 3 fully saturated rings. The third-order valence-corrected chi connectivity index (χ3v) is 7.61. The summed E-state index contributed by atoms with van der Waals surface area (Å²) < 4.78 is 5.36. The Bertz CT molecular complexity index is 947. The van der Waals surface area contributed by atoms with Crippen LogP contribution in [-0.2, 0) is 11.2 Å². The molecule has 2 aliphatic carbocycles. The van der Waals surface area contributed by atoms with E-state index in [1.165, 1.54) is 37.7 Å². The van der Waals surface area contributed by atoms with Gasteiger partial charge in [-0.15, -0.1) is 0 Å². The molecule has 0 bridgehead atoms. The predicted octanol–water partition coefficient (Wildman–Crippen LogP) is 4.85. The molecule has 2 saturated carbocycles. The van der Waals surface area contributed by atoms with E-state index in [1.807, 2.05) is 18.2 Å². The lowest BCUT2D eigenvalue weighted by Crippen LogP contribution is -2.53. The summed E-state index contributed by atoms with van der Waals surface area (Å²) in [6, 6.07) is 12.3. The average Bonchev–Trinajstić information content (AvgIpc) is 3.56. The van der Waals surface area contributed by atoms with E-state index in [1.54, 1.807) is 6.07 Å². The number of benzene rings is 1. The topological polar surface area (TPSA) is 75.4 Å². The van der Waals surface area contributed by atoms with E-state index < -0.39 is 0 Å². The van der Waals surface area contributed by atoms with Crippen molar-refractivity contribution in [2.24, 2.45) is 5.92 Å². The van der Waals surface area contributed by atoms with Crippen molar-refractivity contribution in [2.45, 2.75) is 88.6 Å². The lowest BCUT2D eigenvalue weighted by Gasteiger charge is -2.40. The van der Waals surface area contributed by atoms with E-state index in [2.05, 4.69) is 27.5 Å². The number of amides is 2. The van der Waals surface area contributed by atoms with Crippen LogP contribution in [0.3, 0.4) is 0 Å². The summed E-state index contributed by atoms with van der Waals surface area (Å²) in [7, 11) is 0. The molecule has 3 aliphatic rings. The molecule has 176 valence electrons. The Morgan fingerprint density at radius 3 is 2.58 bits per heavy atom. The van der Waals surface area contributed by atoms with E-state index in [0.29, 0.717) is 30.5 Å². The third-order valence-electron chi connectivity index (χ3n) is 7.61. The Kier molecular flexibility index (Phi) is 6.79. The summed E-state index contributed by atoms with van der Waals surface area (Å²) in [5.74, 6) is 1.92. The van der Waals surface area contributed by atoms with Crippen molar-refractivity contribution in [1.29, 1.82) is 0 Å². The first-order valence-corrected chi connectivity index (χ1v) is 12.8. The van der Waals surface area contributed by atoms with Gasteiger partial charge in [-0.2, -0.15) is 0 Å². The molecular formula is C27H35N3O3. The van der Waals surface area contributed by atoms with Crippen LogP contribution in [0.4, 0.5) is 0 Å². The van der Waals surface area contributed by atoms with Crippen LogP contribution in [0, 0.1) is 5.92 Å². The number of hydrogen-bond acceptors (Lipinski definition) is 4. The van der Waals surface area contributed by atoms with Crippen LogP contribution in [0.25, 0.3) is 0 Å². The normalized spacial score (nSPS) is 23.9. The molecule has 1 aromatic heterocycles. The minimum Gasteiger partial charge on any atom is -0.360 e. The fourth-order valence-corrected chi connectivity index (χ4v) is 5.56. The van der Waals surface area contributed by atoms with E-state index in [0.717, 1.165) is 37.9 Å². The summed E-state index contributed by atoms with van der Waals surface area (Å²) >= 11 is 0. The molecule has 2 unspecified atom stereocenters. The molecule has 2 amide bonds. The molecule has 2 atom stereocenters. The first-order valence-electron chi connectivity index (χ1n) is 12.8. The monoisotopic (exact) mass is 449 g/mol. The molecule has 1 N–H and O–H groups in total. The number of nitrogens with one attached hydrogen (secondary N) is 1. The lowest BCUT2D eigenvalue weighted by atomic mass is 9.85. The molecule has 0 radical (unpaired) electrons. The van der Waals surface area contributed by atoms with E-state index in [4.69, 9.17) is 4.52 Å². The second kappa shape index (κ2) is 10.1. The second-order valence-corrected chi connectivity index (χ2v) is 10.2. The Morgan fingerprint density at radius 2 is 1.82 bits per heavy atom. The van der Waals surface area contributed by atoms with Gasteiger partial charge in [0.05, 0.1) is 0 Å². The molecule has 1 saturated heterocycles. The number of hydrogen-bond donors (Lipinski definition) is 1. The Balaban J connectivity index is 1.24. The Morgan fingerprint density at radius 1 is 1.03 bits per heavy atom. The third kappa shape index (κ3) is 5.66. The highest BCUT2D eigenvalue weighted by atomic mass is 16.5. The number of carbonyl (C=O) groups is 2. The summed E-state index contributed by atoms with van der Waals surface area (Å²) in [6.45, 7) is 0.695. The molecule has 6 nitrogen and oxygen atoms in total. The number of carbonyl (C=O) groups excluding carboxylic acids is 2. The molecular weight excluding hydrogens is 414 g/mol. The highest BCUT2D eigenvalue weighted by Crippen LogP contribution is 2.40. The average molecular weight is 450 g/mol. The highest BCUT2D eigenvalue weighted by Gasteiger charge is 2.34. The van der Waals surface area contributed by atoms with E-state index in [-0.39, 0.29) is 23.9 Å². The summed E-state index contributed by atoms with van der Waals surface area (Å²) in [5, 5.41) is 7.15. The maximum atomic E-state index is 13.3. The number of likely N-dealkylation sites (tertiary alicyclic amines) is 1. The summed E-state index contributed by atoms with van der Waals surface area (Å²) in [5.41, 5.74) is 1.60. The molecule has 6 heteroatoms. The summed E-state index contributed by atoms with van der Waals surface area (Å²) in [4.78, 5) is 28.2. The molecule has 1 aromatic carbocycles. The zero-order valence-corrected chi connectivity index (χ0v) is 19.4. The Hall–Kier alpha value is -2.63. The van der Waals surface area contributed by atoms with Crippen molar-refractivity contribution in [1.82, 2.24) is 15.4 Å². The van der Waals surface area contributed by atoms with E-state index >= 15 is 0 Å². The number of nitrogens with zero attached hydrogens (tertiary/aromatic N) is 2. The number of piperidine rings is 1. The van der Waals surface area contributed by atoms with Gasteiger partial charge in [0.1, 0.15) is 5.76 Å². The zero-order valence-electron chi connectivity index (χ0n) is 19.4.